The topological polar surface area (TPSA) is 88.9 Å². The number of aryl methyl sites for hydroxylation is 1. The second kappa shape index (κ2) is 9.21. The maximum Gasteiger partial charge on any atom is 0.244 e. The first kappa shape index (κ1) is 20.3. The molecular formula is C24H23N5O2. The predicted molar refractivity (Wildman–Crippen MR) is 119 cm³/mol. The standard InChI is InChI=1S/C24H23N5O2/c1-17-8-2-3-10-19(17)28-24(31)16-29-21-12-5-4-11-20(21)27-22(29)14-23(30)26-15-18-9-6-7-13-25-18/h2-13H,14-16H2,1H3,(H,26,30)(H,28,31). The Bertz CT molecular complexity index is 1220. The molecule has 2 aromatic carbocycles. The number of para-hydroxylation sites is 3. The fourth-order valence-corrected chi connectivity index (χ4v) is 3.38. The highest BCUT2D eigenvalue weighted by molar-refractivity contribution is 5.92. The molecule has 0 saturated carbocycles. The molecule has 0 unspecified atom stereocenters. The van der Waals surface area contributed by atoms with Gasteiger partial charge in [-0.15, -0.1) is 0 Å². The van der Waals surface area contributed by atoms with Crippen molar-refractivity contribution >= 4 is 28.5 Å². The van der Waals surface area contributed by atoms with Gasteiger partial charge in [0, 0.05) is 11.9 Å². The summed E-state index contributed by atoms with van der Waals surface area (Å²) in [6.45, 7) is 2.35. The maximum absolute atomic E-state index is 12.8. The number of carbonyl (C=O) groups excluding carboxylic acids is 2. The van der Waals surface area contributed by atoms with Crippen LogP contribution in [0, 0.1) is 6.92 Å². The highest BCUT2D eigenvalue weighted by Crippen LogP contribution is 2.18. The molecule has 0 aliphatic carbocycles. The summed E-state index contributed by atoms with van der Waals surface area (Å²) in [5.74, 6) is 0.189. The Labute approximate surface area is 180 Å². The second-order valence-corrected chi connectivity index (χ2v) is 7.24. The van der Waals surface area contributed by atoms with Gasteiger partial charge < -0.3 is 15.2 Å². The van der Waals surface area contributed by atoms with Gasteiger partial charge in [-0.1, -0.05) is 36.4 Å². The first-order chi connectivity index (χ1) is 15.1. The minimum Gasteiger partial charge on any atom is -0.350 e. The molecular weight excluding hydrogens is 390 g/mol. The van der Waals surface area contributed by atoms with Crippen LogP contribution in [0.1, 0.15) is 17.1 Å². The van der Waals surface area contributed by atoms with Crippen molar-refractivity contribution in [1.82, 2.24) is 19.9 Å². The van der Waals surface area contributed by atoms with Gasteiger partial charge in [0.1, 0.15) is 12.4 Å². The van der Waals surface area contributed by atoms with Crippen molar-refractivity contribution < 1.29 is 9.59 Å². The number of nitrogens with one attached hydrogen (secondary N) is 2. The van der Waals surface area contributed by atoms with E-state index in [1.54, 1.807) is 10.8 Å². The molecule has 0 atom stereocenters. The van der Waals surface area contributed by atoms with E-state index in [9.17, 15) is 9.59 Å². The van der Waals surface area contributed by atoms with Gasteiger partial charge in [-0.2, -0.15) is 0 Å². The number of imidazole rings is 1. The van der Waals surface area contributed by atoms with E-state index in [0.29, 0.717) is 12.4 Å². The van der Waals surface area contributed by atoms with E-state index in [2.05, 4.69) is 20.6 Å². The molecule has 2 aromatic heterocycles. The second-order valence-electron chi connectivity index (χ2n) is 7.24. The number of rotatable bonds is 7. The number of anilines is 1. The van der Waals surface area contributed by atoms with Crippen LogP contribution in [-0.2, 0) is 29.1 Å². The largest absolute Gasteiger partial charge is 0.350 e. The molecule has 156 valence electrons. The monoisotopic (exact) mass is 413 g/mol. The Morgan fingerprint density at radius 2 is 1.71 bits per heavy atom. The third-order valence-electron chi connectivity index (χ3n) is 4.97. The molecule has 0 fully saturated rings. The van der Waals surface area contributed by atoms with E-state index in [1.165, 1.54) is 0 Å². The molecule has 7 heteroatoms. The van der Waals surface area contributed by atoms with Crippen LogP contribution in [0.4, 0.5) is 5.69 Å². The summed E-state index contributed by atoms with van der Waals surface area (Å²) in [6, 6.07) is 20.7. The van der Waals surface area contributed by atoms with E-state index >= 15 is 0 Å². The normalized spacial score (nSPS) is 10.7. The number of hydrogen-bond acceptors (Lipinski definition) is 4. The Kier molecular flexibility index (Phi) is 6.03. The van der Waals surface area contributed by atoms with E-state index in [4.69, 9.17) is 0 Å². The number of hydrogen-bond donors (Lipinski definition) is 2. The van der Waals surface area contributed by atoms with Crippen molar-refractivity contribution in [2.75, 3.05) is 5.32 Å². The molecule has 2 N–H and O–H groups in total. The first-order valence-corrected chi connectivity index (χ1v) is 10.1. The van der Waals surface area contributed by atoms with Crippen LogP contribution in [0.25, 0.3) is 11.0 Å². The van der Waals surface area contributed by atoms with E-state index in [-0.39, 0.29) is 24.8 Å². The number of pyridine rings is 1. The zero-order valence-electron chi connectivity index (χ0n) is 17.2. The minimum absolute atomic E-state index is 0.0672. The third kappa shape index (κ3) is 4.95. The SMILES string of the molecule is Cc1ccccc1NC(=O)Cn1c(CC(=O)NCc2ccccn2)nc2ccccc21. The van der Waals surface area contributed by atoms with Gasteiger partial charge in [0.25, 0.3) is 0 Å². The van der Waals surface area contributed by atoms with Gasteiger partial charge in [-0.25, -0.2) is 4.98 Å². The van der Waals surface area contributed by atoms with Gasteiger partial charge in [0.2, 0.25) is 11.8 Å². The lowest BCUT2D eigenvalue weighted by molar-refractivity contribution is -0.121. The predicted octanol–water partition coefficient (Wildman–Crippen LogP) is 3.24. The van der Waals surface area contributed by atoms with Crippen LogP contribution < -0.4 is 10.6 Å². The van der Waals surface area contributed by atoms with Gasteiger partial charge >= 0.3 is 0 Å². The maximum atomic E-state index is 12.8. The lowest BCUT2D eigenvalue weighted by Crippen LogP contribution is -2.27. The van der Waals surface area contributed by atoms with Gasteiger partial charge in [-0.3, -0.25) is 14.6 Å². The summed E-state index contributed by atoms with van der Waals surface area (Å²) in [4.78, 5) is 34.1. The van der Waals surface area contributed by atoms with Crippen LogP contribution in [-0.4, -0.2) is 26.3 Å². The van der Waals surface area contributed by atoms with Gasteiger partial charge in [0.05, 0.1) is 29.7 Å². The van der Waals surface area contributed by atoms with Crippen molar-refractivity contribution in [3.63, 3.8) is 0 Å². The van der Waals surface area contributed by atoms with Crippen molar-refractivity contribution in [2.24, 2.45) is 0 Å². The molecule has 31 heavy (non-hydrogen) atoms. The molecule has 0 aliphatic rings. The van der Waals surface area contributed by atoms with Crippen molar-refractivity contribution in [1.29, 1.82) is 0 Å². The highest BCUT2D eigenvalue weighted by Gasteiger charge is 2.17. The molecule has 0 bridgehead atoms. The van der Waals surface area contributed by atoms with Crippen LogP contribution in [0.15, 0.2) is 72.9 Å². The molecule has 0 aliphatic heterocycles. The van der Waals surface area contributed by atoms with Gasteiger partial charge in [-0.05, 0) is 42.8 Å². The Balaban J connectivity index is 1.51. The molecule has 7 nitrogen and oxygen atoms in total. The molecule has 4 aromatic rings. The number of carbonyl (C=O) groups is 2. The fraction of sp³-hybridized carbons (Fsp3) is 0.167. The van der Waals surface area contributed by atoms with E-state index in [0.717, 1.165) is 28.0 Å². The summed E-state index contributed by atoms with van der Waals surface area (Å²) in [5.41, 5.74) is 4.10. The van der Waals surface area contributed by atoms with Crippen LogP contribution in [0.2, 0.25) is 0 Å². The smallest absolute Gasteiger partial charge is 0.244 e. The van der Waals surface area contributed by atoms with E-state index < -0.39 is 0 Å². The zero-order chi connectivity index (χ0) is 21.6. The van der Waals surface area contributed by atoms with Crippen LogP contribution >= 0.6 is 0 Å². The molecule has 0 radical (unpaired) electrons. The number of nitrogens with zero attached hydrogens (tertiary/aromatic N) is 3. The summed E-state index contributed by atoms with van der Waals surface area (Å²) in [6.07, 6.45) is 1.76. The Morgan fingerprint density at radius 3 is 2.52 bits per heavy atom. The lowest BCUT2D eigenvalue weighted by Gasteiger charge is -2.11. The van der Waals surface area contributed by atoms with Gasteiger partial charge in [0.15, 0.2) is 0 Å². The van der Waals surface area contributed by atoms with Crippen LogP contribution in [0.3, 0.4) is 0 Å². The molecule has 2 heterocycles. The van der Waals surface area contributed by atoms with Crippen molar-refractivity contribution in [3.8, 4) is 0 Å². The number of fused-ring (bicyclic) bond motifs is 1. The average molecular weight is 413 g/mol. The summed E-state index contributed by atoms with van der Waals surface area (Å²) < 4.78 is 1.79. The molecule has 2 amide bonds. The fourth-order valence-electron chi connectivity index (χ4n) is 3.38. The quantitative estimate of drug-likeness (QED) is 0.487. The Hall–Kier alpha value is -4.00. The summed E-state index contributed by atoms with van der Waals surface area (Å²) in [5, 5.41) is 5.81. The van der Waals surface area contributed by atoms with E-state index in [1.807, 2.05) is 73.7 Å². The lowest BCUT2D eigenvalue weighted by atomic mass is 10.2. The number of amides is 2. The average Bonchev–Trinajstić information content (AvgIpc) is 3.11. The number of aromatic nitrogens is 3. The minimum atomic E-state index is -0.179. The summed E-state index contributed by atoms with van der Waals surface area (Å²) >= 11 is 0. The molecule has 0 saturated heterocycles. The molecule has 4 rings (SSSR count). The Morgan fingerprint density at radius 1 is 0.935 bits per heavy atom. The molecule has 0 spiro atoms. The van der Waals surface area contributed by atoms with Crippen molar-refractivity contribution in [2.45, 2.75) is 26.4 Å². The first-order valence-electron chi connectivity index (χ1n) is 10.1. The third-order valence-corrected chi connectivity index (χ3v) is 4.97. The highest BCUT2D eigenvalue weighted by atomic mass is 16.2. The van der Waals surface area contributed by atoms with Crippen LogP contribution in [0.5, 0.6) is 0 Å². The summed E-state index contributed by atoms with van der Waals surface area (Å²) in [7, 11) is 0. The van der Waals surface area contributed by atoms with Crippen molar-refractivity contribution in [3.05, 3.63) is 90.0 Å². The number of benzene rings is 2. The zero-order valence-corrected chi connectivity index (χ0v) is 17.2.